The van der Waals surface area contributed by atoms with Gasteiger partial charge in [0.15, 0.2) is 0 Å². The lowest BCUT2D eigenvalue weighted by Crippen LogP contribution is -2.54. The summed E-state index contributed by atoms with van der Waals surface area (Å²) in [6.07, 6.45) is -5.40. The van der Waals surface area contributed by atoms with Crippen LogP contribution in [-0.2, 0) is 9.47 Å². The Morgan fingerprint density at radius 3 is 1.88 bits per heavy atom. The normalized spacial score (nSPS) is 13.6. The number of rotatable bonds is 7. The van der Waals surface area contributed by atoms with Crippen molar-refractivity contribution in [2.45, 2.75) is 18.0 Å². The molecule has 17 heavy (non-hydrogen) atoms. The van der Waals surface area contributed by atoms with Crippen molar-refractivity contribution >= 4 is 0 Å². The summed E-state index contributed by atoms with van der Waals surface area (Å²) >= 11 is 0. The Kier molecular flexibility index (Phi) is 5.24. The summed E-state index contributed by atoms with van der Waals surface area (Å²) in [6, 6.07) is 0. The molecule has 0 unspecified atom stereocenters. The minimum Gasteiger partial charge on any atom is -0.499 e. The highest BCUT2D eigenvalue weighted by atomic mass is 19.4. The first-order chi connectivity index (χ1) is 7.56. The summed E-state index contributed by atoms with van der Waals surface area (Å²) in [6.45, 7) is 0.188. The molecule has 102 valence electrons. The van der Waals surface area contributed by atoms with Crippen LogP contribution in [0.25, 0.3) is 0 Å². The van der Waals surface area contributed by atoms with Crippen LogP contribution >= 0.6 is 0 Å². The van der Waals surface area contributed by atoms with Crippen molar-refractivity contribution in [1.29, 1.82) is 0 Å². The van der Waals surface area contributed by atoms with Crippen molar-refractivity contribution in [2.75, 3.05) is 19.8 Å². The molecule has 0 saturated heterocycles. The van der Waals surface area contributed by atoms with Crippen molar-refractivity contribution in [3.05, 3.63) is 12.8 Å². The molecule has 9 heteroatoms. The molecule has 2 nitrogen and oxygen atoms in total. The molecule has 0 fully saturated rings. The molecule has 0 aliphatic carbocycles. The zero-order chi connectivity index (χ0) is 13.7. The highest BCUT2D eigenvalue weighted by Gasteiger charge is 2.72. The second-order valence-corrected chi connectivity index (χ2v) is 2.87. The molecular weight excluding hydrogens is 261 g/mol. The van der Waals surface area contributed by atoms with E-state index in [-0.39, 0.29) is 6.61 Å². The third-order valence-electron chi connectivity index (χ3n) is 1.56. The van der Waals surface area contributed by atoms with Crippen LogP contribution < -0.4 is 0 Å². The number of ether oxygens (including phenoxy) is 2. The van der Waals surface area contributed by atoms with Gasteiger partial charge in [-0.25, -0.2) is 0 Å². The van der Waals surface area contributed by atoms with Gasteiger partial charge in [0, 0.05) is 0 Å². The van der Waals surface area contributed by atoms with Crippen LogP contribution in [0.3, 0.4) is 0 Å². The molecule has 0 radical (unpaired) electrons. The summed E-state index contributed by atoms with van der Waals surface area (Å²) in [5.74, 6) is -11.5. The van der Waals surface area contributed by atoms with Gasteiger partial charge in [0.05, 0.1) is 12.9 Å². The summed E-state index contributed by atoms with van der Waals surface area (Å²) in [4.78, 5) is 0. The Bertz CT molecular complexity index is 249. The summed E-state index contributed by atoms with van der Waals surface area (Å²) < 4.78 is 92.9. The van der Waals surface area contributed by atoms with Crippen molar-refractivity contribution < 1.29 is 40.2 Å². The van der Waals surface area contributed by atoms with Crippen LogP contribution in [0.1, 0.15) is 0 Å². The Labute approximate surface area is 92.0 Å². The first-order valence-corrected chi connectivity index (χ1v) is 4.19. The van der Waals surface area contributed by atoms with Crippen molar-refractivity contribution in [1.82, 2.24) is 0 Å². The fourth-order valence-electron chi connectivity index (χ4n) is 0.689. The predicted molar refractivity (Wildman–Crippen MR) is 42.9 cm³/mol. The lowest BCUT2D eigenvalue weighted by atomic mass is 10.2. The molecule has 0 saturated carbocycles. The second-order valence-electron chi connectivity index (χ2n) is 2.87. The zero-order valence-corrected chi connectivity index (χ0v) is 8.37. The lowest BCUT2D eigenvalue weighted by Gasteiger charge is -2.27. The van der Waals surface area contributed by atoms with Gasteiger partial charge in [-0.15, -0.1) is 0 Å². The molecule has 0 aliphatic rings. The first kappa shape index (κ1) is 16.0. The molecule has 0 aromatic rings. The first-order valence-electron chi connectivity index (χ1n) is 4.19. The fraction of sp³-hybridized carbons (Fsp3) is 0.750. The van der Waals surface area contributed by atoms with Crippen LogP contribution in [0.5, 0.6) is 0 Å². The van der Waals surface area contributed by atoms with E-state index in [1.807, 2.05) is 0 Å². The van der Waals surface area contributed by atoms with E-state index in [0.717, 1.165) is 6.26 Å². The van der Waals surface area contributed by atoms with Gasteiger partial charge in [-0.2, -0.15) is 30.7 Å². The van der Waals surface area contributed by atoms with Gasteiger partial charge >= 0.3 is 18.0 Å². The Morgan fingerprint density at radius 1 is 0.941 bits per heavy atom. The van der Waals surface area contributed by atoms with E-state index in [2.05, 4.69) is 16.1 Å². The van der Waals surface area contributed by atoms with Crippen LogP contribution in [0.15, 0.2) is 12.8 Å². The summed E-state index contributed by atoms with van der Waals surface area (Å²) in [5, 5.41) is 0. The topological polar surface area (TPSA) is 18.5 Å². The Morgan fingerprint density at radius 2 is 1.47 bits per heavy atom. The molecule has 0 N–H and O–H groups in total. The van der Waals surface area contributed by atoms with E-state index in [0.29, 0.717) is 0 Å². The Balaban J connectivity index is 4.32. The summed E-state index contributed by atoms with van der Waals surface area (Å²) in [7, 11) is 0. The molecule has 0 heterocycles. The van der Waals surface area contributed by atoms with Crippen LogP contribution in [0, 0.1) is 0 Å². The summed E-state index contributed by atoms with van der Waals surface area (Å²) in [5.41, 5.74) is 0. The van der Waals surface area contributed by atoms with Crippen molar-refractivity contribution in [3.8, 4) is 0 Å². The van der Waals surface area contributed by atoms with Crippen molar-refractivity contribution in [2.24, 2.45) is 0 Å². The molecule has 0 atom stereocenters. The van der Waals surface area contributed by atoms with Gasteiger partial charge in [0.2, 0.25) is 0 Å². The maximum Gasteiger partial charge on any atom is 0.459 e. The largest absolute Gasteiger partial charge is 0.499 e. The highest BCUT2D eigenvalue weighted by molar-refractivity contribution is 4.90. The van der Waals surface area contributed by atoms with Crippen LogP contribution in [0.2, 0.25) is 0 Å². The smallest absolute Gasteiger partial charge is 0.459 e. The number of hydrogen-bond donors (Lipinski definition) is 0. The van der Waals surface area contributed by atoms with Gasteiger partial charge in [-0.3, -0.25) is 0 Å². The van der Waals surface area contributed by atoms with E-state index in [1.165, 1.54) is 0 Å². The predicted octanol–water partition coefficient (Wildman–Crippen LogP) is 3.00. The lowest BCUT2D eigenvalue weighted by molar-refractivity contribution is -0.361. The molecule has 0 aromatic carbocycles. The van der Waals surface area contributed by atoms with Crippen LogP contribution in [-0.4, -0.2) is 37.8 Å². The minimum atomic E-state index is -6.34. The molecular formula is C8H9F7O2. The number of alkyl halides is 7. The van der Waals surface area contributed by atoms with E-state index in [9.17, 15) is 30.7 Å². The monoisotopic (exact) mass is 270 g/mol. The maximum atomic E-state index is 12.6. The molecule has 0 aliphatic heterocycles. The molecule has 0 amide bonds. The van der Waals surface area contributed by atoms with E-state index < -0.39 is 31.2 Å². The third-order valence-corrected chi connectivity index (χ3v) is 1.56. The minimum absolute atomic E-state index is 0.281. The molecule has 0 aromatic heterocycles. The molecule has 0 bridgehead atoms. The molecule has 0 spiro atoms. The number of hydrogen-bond acceptors (Lipinski definition) is 2. The quantitative estimate of drug-likeness (QED) is 0.402. The maximum absolute atomic E-state index is 12.6. The average Bonchev–Trinajstić information content (AvgIpc) is 2.15. The van der Waals surface area contributed by atoms with E-state index in [1.54, 1.807) is 0 Å². The van der Waals surface area contributed by atoms with E-state index >= 15 is 0 Å². The number of halogens is 7. The third kappa shape index (κ3) is 4.06. The standard InChI is InChI=1S/C8H9F7O2/c1-2-16-3-4-17-5-6(9,10)7(11,12)8(13,14)15/h2H,1,3-5H2. The van der Waals surface area contributed by atoms with Gasteiger partial charge in [-0.1, -0.05) is 6.58 Å². The molecule has 0 rings (SSSR count). The van der Waals surface area contributed by atoms with Gasteiger partial charge < -0.3 is 9.47 Å². The van der Waals surface area contributed by atoms with E-state index in [4.69, 9.17) is 0 Å². The second kappa shape index (κ2) is 5.56. The SMILES string of the molecule is C=COCCOCC(F)(F)C(F)(F)C(F)(F)F. The fourth-order valence-corrected chi connectivity index (χ4v) is 0.689. The van der Waals surface area contributed by atoms with Gasteiger partial charge in [-0.05, 0) is 0 Å². The van der Waals surface area contributed by atoms with Gasteiger partial charge in [0.25, 0.3) is 0 Å². The zero-order valence-electron chi connectivity index (χ0n) is 8.37. The average molecular weight is 270 g/mol. The van der Waals surface area contributed by atoms with Crippen molar-refractivity contribution in [3.63, 3.8) is 0 Å². The Hall–Kier alpha value is -0.990. The highest BCUT2D eigenvalue weighted by Crippen LogP contribution is 2.46. The van der Waals surface area contributed by atoms with Gasteiger partial charge in [0.1, 0.15) is 13.2 Å². The van der Waals surface area contributed by atoms with Crippen LogP contribution in [0.4, 0.5) is 30.7 Å².